The van der Waals surface area contributed by atoms with Gasteiger partial charge in [0.15, 0.2) is 0 Å². The van der Waals surface area contributed by atoms with E-state index in [0.29, 0.717) is 13.2 Å². The molecular weight excluding hydrogens is 304 g/mol. The lowest BCUT2D eigenvalue weighted by molar-refractivity contribution is -0.124. The number of nitrogens with zero attached hydrogens (tertiary/aromatic N) is 1. The summed E-state index contributed by atoms with van der Waals surface area (Å²) in [6.07, 6.45) is 0. The smallest absolute Gasteiger partial charge is 0.246 e. The van der Waals surface area contributed by atoms with E-state index >= 15 is 0 Å². The summed E-state index contributed by atoms with van der Waals surface area (Å²) in [5.41, 5.74) is 1.21. The van der Waals surface area contributed by atoms with E-state index in [2.05, 4.69) is 22.3 Å². The fourth-order valence-corrected chi connectivity index (χ4v) is 3.25. The topological polar surface area (TPSA) is 50.8 Å². The highest BCUT2D eigenvalue weighted by Gasteiger charge is 2.44. The van der Waals surface area contributed by atoms with Crippen LogP contribution in [0.25, 0.3) is 0 Å². The zero-order valence-electron chi connectivity index (χ0n) is 13.4. The first-order valence-corrected chi connectivity index (χ1v) is 8.15. The first-order chi connectivity index (χ1) is 11.7. The molecule has 4 rings (SSSR count). The zero-order valence-corrected chi connectivity index (χ0v) is 13.4. The molecule has 2 aromatic carbocycles. The molecule has 0 atom stereocenters. The Morgan fingerprint density at radius 2 is 1.71 bits per heavy atom. The van der Waals surface area contributed by atoms with Crippen molar-refractivity contribution < 1.29 is 14.3 Å². The molecule has 0 aromatic heterocycles. The van der Waals surface area contributed by atoms with Crippen LogP contribution in [0.15, 0.2) is 54.6 Å². The van der Waals surface area contributed by atoms with Crippen LogP contribution < -0.4 is 15.0 Å². The molecule has 0 bridgehead atoms. The first-order valence-electron chi connectivity index (χ1n) is 8.15. The summed E-state index contributed by atoms with van der Waals surface area (Å²) >= 11 is 0. The van der Waals surface area contributed by atoms with Gasteiger partial charge in [-0.3, -0.25) is 4.79 Å². The second-order valence-electron chi connectivity index (χ2n) is 6.53. The van der Waals surface area contributed by atoms with Gasteiger partial charge in [0, 0.05) is 30.7 Å². The summed E-state index contributed by atoms with van der Waals surface area (Å²) in [7, 11) is 0. The van der Waals surface area contributed by atoms with Crippen LogP contribution in [0.5, 0.6) is 11.5 Å². The summed E-state index contributed by atoms with van der Waals surface area (Å²) in [4.78, 5) is 13.7. The molecule has 2 heterocycles. The standard InChI is InChI=1S/C19H20N2O3/c22-18-10-23-14-19(11-20-18)12-21(13-19)15-6-8-17(9-7-15)24-16-4-2-1-3-5-16/h1-9H,10-14H2,(H,20,22). The van der Waals surface area contributed by atoms with Gasteiger partial charge in [-0.25, -0.2) is 0 Å². The third-order valence-electron chi connectivity index (χ3n) is 4.54. The number of amides is 1. The van der Waals surface area contributed by atoms with E-state index in [1.807, 2.05) is 42.5 Å². The second-order valence-corrected chi connectivity index (χ2v) is 6.53. The van der Waals surface area contributed by atoms with Crippen molar-refractivity contribution >= 4 is 11.6 Å². The fraction of sp³-hybridized carbons (Fsp3) is 0.316. The van der Waals surface area contributed by atoms with Crippen LogP contribution in [0.4, 0.5) is 5.69 Å². The molecule has 0 saturated carbocycles. The Balaban J connectivity index is 1.37. The van der Waals surface area contributed by atoms with Crippen LogP contribution in [0.1, 0.15) is 0 Å². The van der Waals surface area contributed by atoms with Crippen molar-refractivity contribution in [3.8, 4) is 11.5 Å². The quantitative estimate of drug-likeness (QED) is 0.942. The van der Waals surface area contributed by atoms with Crippen LogP contribution in [-0.4, -0.2) is 38.8 Å². The van der Waals surface area contributed by atoms with E-state index in [9.17, 15) is 4.79 Å². The van der Waals surface area contributed by atoms with Crippen LogP contribution in [0.3, 0.4) is 0 Å². The van der Waals surface area contributed by atoms with Crippen molar-refractivity contribution in [2.45, 2.75) is 0 Å². The molecule has 1 spiro atoms. The fourth-order valence-electron chi connectivity index (χ4n) is 3.25. The predicted molar refractivity (Wildman–Crippen MR) is 91.4 cm³/mol. The van der Waals surface area contributed by atoms with E-state index < -0.39 is 0 Å². The lowest BCUT2D eigenvalue weighted by Gasteiger charge is -2.50. The summed E-state index contributed by atoms with van der Waals surface area (Å²) in [5, 5.41) is 2.94. The molecule has 0 aliphatic carbocycles. The van der Waals surface area contributed by atoms with Crippen LogP contribution in [-0.2, 0) is 9.53 Å². The van der Waals surface area contributed by atoms with E-state index in [-0.39, 0.29) is 17.9 Å². The van der Waals surface area contributed by atoms with E-state index in [4.69, 9.17) is 9.47 Å². The molecule has 5 heteroatoms. The monoisotopic (exact) mass is 324 g/mol. The first kappa shape index (κ1) is 15.0. The Bertz CT molecular complexity index is 709. The SMILES string of the molecule is O=C1COCC2(CN1)CN(c1ccc(Oc3ccccc3)cc1)C2. The van der Waals surface area contributed by atoms with Gasteiger partial charge in [-0.15, -0.1) is 0 Å². The Morgan fingerprint density at radius 3 is 2.46 bits per heavy atom. The number of carbonyl (C=O) groups is 1. The summed E-state index contributed by atoms with van der Waals surface area (Å²) in [6.45, 7) is 3.29. The number of anilines is 1. The second kappa shape index (κ2) is 6.17. The Hall–Kier alpha value is -2.53. The zero-order chi connectivity index (χ0) is 16.4. The number of hydrogen-bond acceptors (Lipinski definition) is 4. The minimum absolute atomic E-state index is 0.0206. The molecular formula is C19H20N2O3. The maximum absolute atomic E-state index is 11.4. The number of ether oxygens (including phenoxy) is 2. The average molecular weight is 324 g/mol. The summed E-state index contributed by atoms with van der Waals surface area (Å²) in [5.74, 6) is 1.64. The molecule has 1 amide bonds. The van der Waals surface area contributed by atoms with Crippen LogP contribution in [0.2, 0.25) is 0 Å². The predicted octanol–water partition coefficient (Wildman–Crippen LogP) is 2.43. The average Bonchev–Trinajstić information content (AvgIpc) is 2.77. The molecule has 0 radical (unpaired) electrons. The van der Waals surface area contributed by atoms with Gasteiger partial charge in [-0.2, -0.15) is 0 Å². The number of carbonyl (C=O) groups excluding carboxylic acids is 1. The highest BCUT2D eigenvalue weighted by molar-refractivity contribution is 5.77. The lowest BCUT2D eigenvalue weighted by Crippen LogP contribution is -2.62. The maximum Gasteiger partial charge on any atom is 0.246 e. The van der Waals surface area contributed by atoms with Crippen molar-refractivity contribution in [1.29, 1.82) is 0 Å². The van der Waals surface area contributed by atoms with Gasteiger partial charge in [0.05, 0.1) is 6.61 Å². The van der Waals surface area contributed by atoms with Gasteiger partial charge in [0.25, 0.3) is 0 Å². The minimum Gasteiger partial charge on any atom is -0.457 e. The third-order valence-corrected chi connectivity index (χ3v) is 4.54. The van der Waals surface area contributed by atoms with Crippen molar-refractivity contribution in [2.24, 2.45) is 5.41 Å². The third kappa shape index (κ3) is 3.08. The normalized spacial score (nSPS) is 19.3. The Morgan fingerprint density at radius 1 is 1.00 bits per heavy atom. The van der Waals surface area contributed by atoms with Crippen molar-refractivity contribution in [2.75, 3.05) is 37.7 Å². The van der Waals surface area contributed by atoms with Gasteiger partial charge in [-0.05, 0) is 36.4 Å². The van der Waals surface area contributed by atoms with E-state index in [0.717, 1.165) is 30.3 Å². The molecule has 1 N–H and O–H groups in total. The number of hydrogen-bond donors (Lipinski definition) is 1. The molecule has 0 unspecified atom stereocenters. The molecule has 2 saturated heterocycles. The van der Waals surface area contributed by atoms with Gasteiger partial charge < -0.3 is 19.7 Å². The number of para-hydroxylation sites is 1. The van der Waals surface area contributed by atoms with Crippen LogP contribution in [0, 0.1) is 5.41 Å². The van der Waals surface area contributed by atoms with E-state index in [1.165, 1.54) is 0 Å². The Labute approximate surface area is 141 Å². The van der Waals surface area contributed by atoms with Gasteiger partial charge in [0.2, 0.25) is 5.91 Å². The minimum atomic E-state index is -0.0206. The van der Waals surface area contributed by atoms with Crippen molar-refractivity contribution in [3.05, 3.63) is 54.6 Å². The van der Waals surface area contributed by atoms with Gasteiger partial charge in [0.1, 0.15) is 18.1 Å². The molecule has 5 nitrogen and oxygen atoms in total. The number of benzene rings is 2. The van der Waals surface area contributed by atoms with Gasteiger partial charge in [-0.1, -0.05) is 18.2 Å². The maximum atomic E-state index is 11.4. The summed E-state index contributed by atoms with van der Waals surface area (Å²) in [6, 6.07) is 17.9. The molecule has 24 heavy (non-hydrogen) atoms. The molecule has 2 aliphatic rings. The van der Waals surface area contributed by atoms with Gasteiger partial charge >= 0.3 is 0 Å². The Kier molecular flexibility index (Phi) is 3.86. The molecule has 2 aliphatic heterocycles. The van der Waals surface area contributed by atoms with Crippen molar-refractivity contribution in [3.63, 3.8) is 0 Å². The van der Waals surface area contributed by atoms with E-state index in [1.54, 1.807) is 0 Å². The highest BCUT2D eigenvalue weighted by atomic mass is 16.5. The summed E-state index contributed by atoms with van der Waals surface area (Å²) < 4.78 is 11.3. The van der Waals surface area contributed by atoms with Crippen molar-refractivity contribution in [1.82, 2.24) is 5.32 Å². The number of nitrogens with one attached hydrogen (secondary N) is 1. The molecule has 2 aromatic rings. The lowest BCUT2D eigenvalue weighted by atomic mass is 9.80. The largest absolute Gasteiger partial charge is 0.457 e. The molecule has 2 fully saturated rings. The highest BCUT2D eigenvalue weighted by Crippen LogP contribution is 2.36. The van der Waals surface area contributed by atoms with Crippen LogP contribution >= 0.6 is 0 Å². The number of rotatable bonds is 3. The molecule has 124 valence electrons.